The third-order valence-corrected chi connectivity index (χ3v) is 17.7. The topological polar surface area (TPSA) is 562 Å². The van der Waals surface area contributed by atoms with Gasteiger partial charge in [-0.1, -0.05) is 67.9 Å². The van der Waals surface area contributed by atoms with Crippen molar-refractivity contribution in [3.05, 3.63) is 89.1 Å². The molecule has 125 heavy (non-hydrogen) atoms. The second-order valence-corrected chi connectivity index (χ2v) is 35.6. The number of aliphatic hydroxyl groups excluding tert-OH is 2. The molecule has 2 aromatic carbocycles. The Balaban J connectivity index is 1.96. The van der Waals surface area contributed by atoms with E-state index in [0.29, 0.717) is 16.1 Å². The van der Waals surface area contributed by atoms with E-state index in [9.17, 15) is 67.7 Å². The van der Waals surface area contributed by atoms with Crippen molar-refractivity contribution in [2.75, 3.05) is 39.3 Å². The molecule has 3 aromatic rings. The van der Waals surface area contributed by atoms with E-state index in [0.717, 1.165) is 13.8 Å². The summed E-state index contributed by atoms with van der Waals surface area (Å²) in [5.41, 5.74) is -3.96. The maximum Gasteiger partial charge on any atom is 0.407 e. The highest BCUT2D eigenvalue weighted by molar-refractivity contribution is 6.30. The fourth-order valence-corrected chi connectivity index (χ4v) is 11.9. The summed E-state index contributed by atoms with van der Waals surface area (Å²) in [5, 5.41) is 60.8. The maximum atomic E-state index is 15.5. The number of benzene rings is 2. The average molecular weight is 1780 g/mol. The number of halogens is 1. The van der Waals surface area contributed by atoms with E-state index in [2.05, 4.69) is 84.7 Å². The Hall–Kier alpha value is -11.7. The summed E-state index contributed by atoms with van der Waals surface area (Å²) in [5.74, 6) is -13.1. The molecule has 0 saturated carbocycles. The fraction of sp³-hybridized carbons (Fsp3) is 0.607. The van der Waals surface area contributed by atoms with Crippen molar-refractivity contribution in [3.63, 3.8) is 0 Å². The van der Waals surface area contributed by atoms with Gasteiger partial charge in [0.05, 0.1) is 23.5 Å². The van der Waals surface area contributed by atoms with Crippen molar-refractivity contribution < 1.29 is 115 Å². The van der Waals surface area contributed by atoms with Crippen LogP contribution >= 0.6 is 11.6 Å². The van der Waals surface area contributed by atoms with Crippen molar-refractivity contribution in [1.82, 2.24) is 84.7 Å². The number of rotatable bonds is 30. The Morgan fingerprint density at radius 2 is 0.912 bits per heavy atom. The van der Waals surface area contributed by atoms with Gasteiger partial charge in [0.1, 0.15) is 82.4 Å². The number of hydrogen-bond donors (Lipinski definition) is 17. The van der Waals surface area contributed by atoms with Crippen molar-refractivity contribution in [2.45, 2.75) is 284 Å². The molecule has 1 unspecified atom stereocenters. The zero-order valence-electron chi connectivity index (χ0n) is 74.5. The van der Waals surface area contributed by atoms with Gasteiger partial charge in [-0.15, -0.1) is 0 Å². The molecule has 1 saturated heterocycles. The smallest absolute Gasteiger partial charge is 0.407 e. The quantitative estimate of drug-likeness (QED) is 0.0336. The van der Waals surface area contributed by atoms with Crippen LogP contribution in [0, 0.1) is 5.92 Å². The van der Waals surface area contributed by atoms with Crippen molar-refractivity contribution >= 4 is 107 Å². The van der Waals surface area contributed by atoms with E-state index < -0.39 is 267 Å². The van der Waals surface area contributed by atoms with Crippen molar-refractivity contribution in [3.8, 4) is 11.3 Å². The average Bonchev–Trinajstić information content (AvgIpc) is 1.25. The highest BCUT2D eigenvalue weighted by Gasteiger charge is 2.40. The van der Waals surface area contributed by atoms with Gasteiger partial charge < -0.3 is 118 Å². The number of carbonyl (C=O) groups is 16. The molecular formula is C84H127ClN16O24. The zero-order valence-corrected chi connectivity index (χ0v) is 75.3. The first-order valence-corrected chi connectivity index (χ1v) is 41.6. The van der Waals surface area contributed by atoms with Crippen LogP contribution in [0.3, 0.4) is 0 Å². The molecule has 15 amide bonds. The molecule has 0 radical (unpaired) electrons. The molecule has 4 rings (SSSR count). The molecule has 12 atom stereocenters. The lowest BCUT2D eigenvalue weighted by molar-refractivity contribution is -0.138. The lowest BCUT2D eigenvalue weighted by Gasteiger charge is -2.29. The number of esters is 1. The summed E-state index contributed by atoms with van der Waals surface area (Å²) in [7, 11) is 0. The van der Waals surface area contributed by atoms with Gasteiger partial charge in [-0.2, -0.15) is 0 Å². The number of aliphatic hydroxyl groups is 2. The van der Waals surface area contributed by atoms with Gasteiger partial charge >= 0.3 is 36.4 Å². The van der Waals surface area contributed by atoms with E-state index in [-0.39, 0.29) is 37.2 Å². The molecular weight excluding hydrogens is 1650 g/mol. The summed E-state index contributed by atoms with van der Waals surface area (Å²) < 4.78 is 32.7. The molecule has 2 heterocycles. The van der Waals surface area contributed by atoms with Crippen LogP contribution in [-0.2, 0) is 82.8 Å². The van der Waals surface area contributed by atoms with Gasteiger partial charge in [0.15, 0.2) is 6.10 Å². The predicted molar refractivity (Wildman–Crippen MR) is 456 cm³/mol. The molecule has 0 spiro atoms. The number of pyridine rings is 1. The first kappa shape index (κ1) is 106. The maximum absolute atomic E-state index is 15.5. The molecule has 1 aromatic heterocycles. The van der Waals surface area contributed by atoms with Crippen LogP contribution in [0.5, 0.6) is 0 Å². The standard InChI is InChI=1S/C84H127ClN16O24/c1-46(2)42-59-69(109)96-54(30-37-88-75(115)121-80(5,6)7)65(105)95-57(33-40-91-78(118)124-83(14,15)16)68(108)100-62(47(3)102)72(112)87-36-29-53(64(104)94-55(31-38-89-76(116)122-81(8,9)10)67(107)99-60(70(110)98-59)43-49-24-21-20-22-25-49)93-66(106)56(32-39-90-77(117)123-82(11,12)13)97-73(113)63(48(4)103)101-71(111)61(34-41-92-79(119)125-84(17,18)19)120-74(114)51-28-35-86-58(45-51)50-26-23-27-52(85)44-50/h20-28,35,44-48,53-57,59-63,102-103H,29-34,36-43H2,1-19H3,(H,87,112)(H,88,115)(H,89,116)(H,90,117)(H,91,118)(H,92,119)(H,93,106)(H,94,104)(H,95,105)(H,96,109)(H,97,113)(H,98,110)(H,99,107)(H,100,108)(H,101,111)/t47-,48?,53-,54-,55-,56-,57-,59-,60+,61-,62-,63-/m0/s1. The van der Waals surface area contributed by atoms with Crippen molar-refractivity contribution in [1.29, 1.82) is 0 Å². The number of carbonyl (C=O) groups excluding carboxylic acids is 16. The second kappa shape index (κ2) is 49.1. The summed E-state index contributed by atoms with van der Waals surface area (Å²) in [6.07, 6.45) is -12.7. The van der Waals surface area contributed by atoms with E-state index in [4.69, 9.17) is 40.0 Å². The van der Waals surface area contributed by atoms with Gasteiger partial charge in [-0.05, 0) is 192 Å². The van der Waals surface area contributed by atoms with Crippen LogP contribution < -0.4 is 79.8 Å². The Morgan fingerprint density at radius 1 is 0.480 bits per heavy atom. The van der Waals surface area contributed by atoms with E-state index in [1.165, 1.54) is 18.3 Å². The summed E-state index contributed by atoms with van der Waals surface area (Å²) in [4.78, 5) is 234. The third-order valence-electron chi connectivity index (χ3n) is 17.4. The Bertz CT molecular complexity index is 4200. The number of nitrogens with one attached hydrogen (secondary N) is 15. The van der Waals surface area contributed by atoms with Gasteiger partial charge in [-0.25, -0.2) is 28.8 Å². The van der Waals surface area contributed by atoms with Crippen LogP contribution in [0.25, 0.3) is 11.3 Å². The van der Waals surface area contributed by atoms with Crippen LogP contribution in [0.4, 0.5) is 24.0 Å². The Kier molecular flexibility index (Phi) is 41.5. The minimum Gasteiger partial charge on any atom is -0.449 e. The van der Waals surface area contributed by atoms with Gasteiger partial charge in [-0.3, -0.25) is 52.9 Å². The first-order chi connectivity index (χ1) is 58.0. The summed E-state index contributed by atoms with van der Waals surface area (Å²) in [6.45, 7) is 26.6. The Labute approximate surface area is 733 Å². The lowest BCUT2D eigenvalue weighted by Crippen LogP contribution is -2.62. The molecule has 1 aliphatic heterocycles. The molecule has 0 bridgehead atoms. The highest BCUT2D eigenvalue weighted by atomic mass is 35.5. The SMILES string of the molecule is CC(C)C[C@@H]1NC(=O)[C@@H](Cc2ccccc2)NC(=O)[C@H](CCNC(=O)OC(C)(C)C)NC(=O)[C@@H](NC(=O)[C@H](CCNC(=O)OC(C)(C)C)NC(=O)[C@@H](NC(=O)[C@H](CCNC(=O)OC(C)(C)C)OC(=O)c2ccnc(-c3cccc(Cl)c3)c2)C(C)O)CCNC(=O)[C@H]([C@H](C)O)NC(=O)[C@H](CCNC(=O)OC(C)(C)C)NC(=O)[C@H](CCNC(=O)OC(C)(C)C)NC1=O. The number of ether oxygens (including phenoxy) is 6. The minimum absolute atomic E-state index is 0.117. The van der Waals surface area contributed by atoms with Crippen LogP contribution in [0.1, 0.15) is 192 Å². The van der Waals surface area contributed by atoms with Crippen molar-refractivity contribution in [2.24, 2.45) is 5.92 Å². The van der Waals surface area contributed by atoms with Gasteiger partial charge in [0, 0.05) is 68.9 Å². The summed E-state index contributed by atoms with van der Waals surface area (Å²) in [6, 6.07) is 0.965. The van der Waals surface area contributed by atoms with E-state index in [1.807, 2.05) is 0 Å². The lowest BCUT2D eigenvalue weighted by atomic mass is 10.00. The number of aromatic nitrogens is 1. The molecule has 1 fully saturated rings. The molecule has 1 aliphatic rings. The van der Waals surface area contributed by atoms with E-state index in [1.54, 1.807) is 172 Å². The zero-order chi connectivity index (χ0) is 94.1. The summed E-state index contributed by atoms with van der Waals surface area (Å²) >= 11 is 6.25. The predicted octanol–water partition coefficient (Wildman–Crippen LogP) is 3.43. The van der Waals surface area contributed by atoms with Gasteiger partial charge in [0.25, 0.3) is 5.91 Å². The molecule has 694 valence electrons. The number of alkyl carbamates (subject to hydrolysis) is 5. The molecule has 41 heteroatoms. The van der Waals surface area contributed by atoms with E-state index >= 15 is 19.2 Å². The normalized spacial score (nSPS) is 19.3. The first-order valence-electron chi connectivity index (χ1n) is 41.2. The second-order valence-electron chi connectivity index (χ2n) is 35.2. The number of hydrogen-bond acceptors (Lipinski definition) is 25. The highest BCUT2D eigenvalue weighted by Crippen LogP contribution is 2.24. The molecule has 40 nitrogen and oxygen atoms in total. The molecule has 0 aliphatic carbocycles. The monoisotopic (exact) mass is 1780 g/mol. The fourth-order valence-electron chi connectivity index (χ4n) is 11.7. The minimum atomic E-state index is -2.06. The number of amides is 15. The van der Waals surface area contributed by atoms with Gasteiger partial charge in [0.2, 0.25) is 53.2 Å². The van der Waals surface area contributed by atoms with Crippen LogP contribution in [0.15, 0.2) is 72.9 Å². The Morgan fingerprint density at radius 3 is 1.37 bits per heavy atom. The van der Waals surface area contributed by atoms with Crippen LogP contribution in [-0.4, -0.2) is 251 Å². The largest absolute Gasteiger partial charge is 0.449 e. The van der Waals surface area contributed by atoms with Crippen LogP contribution in [0.2, 0.25) is 5.02 Å². The number of nitrogens with zero attached hydrogens (tertiary/aromatic N) is 1. The molecule has 17 N–H and O–H groups in total. The third kappa shape index (κ3) is 41.6.